The highest BCUT2D eigenvalue weighted by molar-refractivity contribution is 5.95. The molecule has 0 aliphatic carbocycles. The summed E-state index contributed by atoms with van der Waals surface area (Å²) >= 11 is 0. The molecule has 0 bridgehead atoms. The lowest BCUT2D eigenvalue weighted by molar-refractivity contribution is -0.885. The predicted octanol–water partition coefficient (Wildman–Crippen LogP) is 0.747. The third-order valence-corrected chi connectivity index (χ3v) is 4.52. The summed E-state index contributed by atoms with van der Waals surface area (Å²) < 4.78 is 10.7. The van der Waals surface area contributed by atoms with Gasteiger partial charge in [-0.25, -0.2) is 0 Å². The van der Waals surface area contributed by atoms with E-state index in [0.29, 0.717) is 6.54 Å². The minimum atomic E-state index is -0.234. The lowest BCUT2D eigenvalue weighted by Gasteiger charge is -2.14. The highest BCUT2D eigenvalue weighted by Gasteiger charge is 2.16. The summed E-state index contributed by atoms with van der Waals surface area (Å²) in [7, 11) is 1.93. The summed E-state index contributed by atoms with van der Waals surface area (Å²) in [6.45, 7) is 3.17. The molecule has 7 nitrogen and oxygen atoms in total. The molecule has 2 aromatic carbocycles. The van der Waals surface area contributed by atoms with Crippen molar-refractivity contribution in [3.05, 3.63) is 53.6 Å². The number of nitrogens with one attached hydrogen (secondary N) is 3. The normalized spacial score (nSPS) is 13.1. The maximum Gasteiger partial charge on any atom is 0.275 e. The summed E-state index contributed by atoms with van der Waals surface area (Å²) in [6, 6.07) is 13.4. The first-order valence-corrected chi connectivity index (χ1v) is 9.39. The van der Waals surface area contributed by atoms with Crippen LogP contribution in [0.4, 0.5) is 5.69 Å². The largest absolute Gasteiger partial charge is 0.454 e. The monoisotopic (exact) mass is 384 g/mol. The van der Waals surface area contributed by atoms with Gasteiger partial charge in [-0.05, 0) is 36.2 Å². The lowest BCUT2D eigenvalue weighted by Crippen LogP contribution is -3.08. The summed E-state index contributed by atoms with van der Waals surface area (Å²) in [6.07, 6.45) is 0.830. The number of amides is 2. The maximum absolute atomic E-state index is 12.2. The molecule has 1 heterocycles. The van der Waals surface area contributed by atoms with Gasteiger partial charge in [-0.1, -0.05) is 25.1 Å². The Hall–Kier alpha value is -3.06. The number of carbonyl (C=O) groups excluding carboxylic acids is 2. The molecule has 3 rings (SSSR count). The topological polar surface area (TPSA) is 81.1 Å². The van der Waals surface area contributed by atoms with Gasteiger partial charge < -0.3 is 25.0 Å². The summed E-state index contributed by atoms with van der Waals surface area (Å²) in [4.78, 5) is 25.3. The van der Waals surface area contributed by atoms with E-state index in [0.717, 1.165) is 39.6 Å². The molecular weight excluding hydrogens is 358 g/mol. The number of quaternary nitrogens is 1. The molecule has 2 aromatic rings. The van der Waals surface area contributed by atoms with Gasteiger partial charge in [-0.15, -0.1) is 0 Å². The van der Waals surface area contributed by atoms with E-state index in [9.17, 15) is 9.59 Å². The minimum Gasteiger partial charge on any atom is -0.454 e. The second-order valence-corrected chi connectivity index (χ2v) is 6.83. The molecule has 0 spiro atoms. The molecule has 28 heavy (non-hydrogen) atoms. The Balaban J connectivity index is 1.42. The molecule has 3 N–H and O–H groups in total. The Bertz CT molecular complexity index is 853. The zero-order valence-electron chi connectivity index (χ0n) is 16.2. The fraction of sp³-hybridized carbons (Fsp3) is 0.333. The fourth-order valence-corrected chi connectivity index (χ4v) is 3.12. The van der Waals surface area contributed by atoms with Gasteiger partial charge in [0.25, 0.3) is 5.91 Å². The first-order valence-electron chi connectivity index (χ1n) is 9.39. The van der Waals surface area contributed by atoms with Crippen LogP contribution in [0.3, 0.4) is 0 Å². The number of likely N-dealkylation sites (N-methyl/N-ethyl adjacent to an activating group) is 1. The number of aryl methyl sites for hydroxylation is 1. The van der Waals surface area contributed by atoms with E-state index in [4.69, 9.17) is 9.47 Å². The van der Waals surface area contributed by atoms with Crippen LogP contribution in [0, 0.1) is 0 Å². The Morgan fingerprint density at radius 3 is 2.68 bits per heavy atom. The van der Waals surface area contributed by atoms with Crippen molar-refractivity contribution in [2.24, 2.45) is 0 Å². The number of fused-ring (bicyclic) bond motifs is 1. The molecule has 7 heteroatoms. The van der Waals surface area contributed by atoms with E-state index in [1.807, 2.05) is 56.4 Å². The third-order valence-electron chi connectivity index (χ3n) is 4.52. The van der Waals surface area contributed by atoms with Crippen molar-refractivity contribution in [2.45, 2.75) is 19.9 Å². The SMILES string of the molecule is CCc1ccccc1NC(=O)CNC(=O)C[NH+](C)Cc1ccc2c(c1)OCO2. The molecular formula is C21H26N3O4+. The molecule has 0 aromatic heterocycles. The second-order valence-electron chi connectivity index (χ2n) is 6.83. The van der Waals surface area contributed by atoms with Crippen LogP contribution in [0.25, 0.3) is 0 Å². The van der Waals surface area contributed by atoms with Crippen LogP contribution in [0.2, 0.25) is 0 Å². The molecule has 0 radical (unpaired) electrons. The van der Waals surface area contributed by atoms with Crippen LogP contribution in [-0.4, -0.2) is 38.7 Å². The predicted molar refractivity (Wildman–Crippen MR) is 105 cm³/mol. The van der Waals surface area contributed by atoms with Crippen molar-refractivity contribution in [1.82, 2.24) is 5.32 Å². The average molecular weight is 384 g/mol. The van der Waals surface area contributed by atoms with Crippen LogP contribution < -0.4 is 25.0 Å². The maximum atomic E-state index is 12.2. The van der Waals surface area contributed by atoms with Gasteiger partial charge in [-0.3, -0.25) is 9.59 Å². The standard InChI is InChI=1S/C21H25N3O4/c1-3-16-6-4-5-7-17(16)23-20(25)11-22-21(26)13-24(2)12-15-8-9-18-19(10-15)28-14-27-18/h4-10H,3,11-14H2,1-2H3,(H,22,26)(H,23,25)/p+1. The van der Waals surface area contributed by atoms with E-state index in [-0.39, 0.29) is 31.7 Å². The van der Waals surface area contributed by atoms with Crippen molar-refractivity contribution < 1.29 is 24.0 Å². The Morgan fingerprint density at radius 1 is 1.07 bits per heavy atom. The molecule has 148 valence electrons. The number of carbonyl (C=O) groups is 2. The first kappa shape index (κ1) is 19.7. The van der Waals surface area contributed by atoms with E-state index < -0.39 is 0 Å². The van der Waals surface area contributed by atoms with Gasteiger partial charge in [0.1, 0.15) is 6.54 Å². The minimum absolute atomic E-state index is 0.0474. The van der Waals surface area contributed by atoms with E-state index in [1.54, 1.807) is 0 Å². The number of rotatable bonds is 8. The van der Waals surface area contributed by atoms with Gasteiger partial charge >= 0.3 is 0 Å². The molecule has 1 aliphatic rings. The molecule has 0 saturated carbocycles. The van der Waals surface area contributed by atoms with Crippen molar-refractivity contribution in [3.8, 4) is 11.5 Å². The van der Waals surface area contributed by atoms with Gasteiger partial charge in [0, 0.05) is 11.3 Å². The van der Waals surface area contributed by atoms with Crippen molar-refractivity contribution in [3.63, 3.8) is 0 Å². The highest BCUT2D eigenvalue weighted by atomic mass is 16.7. The van der Waals surface area contributed by atoms with Crippen molar-refractivity contribution in [1.29, 1.82) is 0 Å². The zero-order chi connectivity index (χ0) is 19.9. The summed E-state index contributed by atoms with van der Waals surface area (Å²) in [5.41, 5.74) is 2.91. The van der Waals surface area contributed by atoms with E-state index in [1.165, 1.54) is 0 Å². The summed E-state index contributed by atoms with van der Waals surface area (Å²) in [5, 5.41) is 5.53. The van der Waals surface area contributed by atoms with Crippen LogP contribution in [0.5, 0.6) is 11.5 Å². The fourth-order valence-electron chi connectivity index (χ4n) is 3.12. The Labute approximate surface area is 164 Å². The molecule has 2 amide bonds. The second kappa shape index (κ2) is 9.23. The number of hydrogen-bond donors (Lipinski definition) is 3. The molecule has 0 saturated heterocycles. The average Bonchev–Trinajstić information content (AvgIpc) is 3.14. The molecule has 1 aliphatic heterocycles. The number of benzene rings is 2. The van der Waals surface area contributed by atoms with Crippen molar-refractivity contribution >= 4 is 17.5 Å². The van der Waals surface area contributed by atoms with Gasteiger partial charge in [0.05, 0.1) is 13.6 Å². The molecule has 1 unspecified atom stereocenters. The lowest BCUT2D eigenvalue weighted by atomic mass is 10.1. The molecule has 0 fully saturated rings. The zero-order valence-corrected chi connectivity index (χ0v) is 16.2. The number of anilines is 1. The third kappa shape index (κ3) is 5.23. The quantitative estimate of drug-likeness (QED) is 0.627. The van der Waals surface area contributed by atoms with Crippen LogP contribution in [0.1, 0.15) is 18.1 Å². The van der Waals surface area contributed by atoms with Gasteiger partial charge in [0.15, 0.2) is 18.0 Å². The Morgan fingerprint density at radius 2 is 1.86 bits per heavy atom. The first-order chi connectivity index (χ1) is 13.5. The number of para-hydroxylation sites is 1. The van der Waals surface area contributed by atoms with Crippen LogP contribution in [0.15, 0.2) is 42.5 Å². The number of ether oxygens (including phenoxy) is 2. The van der Waals surface area contributed by atoms with Crippen LogP contribution in [-0.2, 0) is 22.6 Å². The number of hydrogen-bond acceptors (Lipinski definition) is 4. The molecule has 1 atom stereocenters. The van der Waals surface area contributed by atoms with Crippen LogP contribution >= 0.6 is 0 Å². The Kier molecular flexibility index (Phi) is 6.49. The van der Waals surface area contributed by atoms with E-state index >= 15 is 0 Å². The highest BCUT2D eigenvalue weighted by Crippen LogP contribution is 2.32. The van der Waals surface area contributed by atoms with Gasteiger partial charge in [-0.2, -0.15) is 0 Å². The van der Waals surface area contributed by atoms with E-state index in [2.05, 4.69) is 10.6 Å². The summed E-state index contributed by atoms with van der Waals surface area (Å²) in [5.74, 6) is 1.08. The van der Waals surface area contributed by atoms with Crippen molar-refractivity contribution in [2.75, 3.05) is 32.2 Å². The smallest absolute Gasteiger partial charge is 0.275 e. The van der Waals surface area contributed by atoms with Gasteiger partial charge in [0.2, 0.25) is 12.7 Å².